The average molecular weight is 549 g/mol. The zero-order valence-electron chi connectivity index (χ0n) is 22.5. The Labute approximate surface area is 231 Å². The molecule has 1 aromatic heterocycles. The molecule has 40 heavy (non-hydrogen) atoms. The average Bonchev–Trinajstić information content (AvgIpc) is 3.40. The van der Waals surface area contributed by atoms with Gasteiger partial charge in [0.1, 0.15) is 11.6 Å². The molecule has 1 aliphatic rings. The molecule has 4 aromatic rings. The van der Waals surface area contributed by atoms with Crippen molar-refractivity contribution in [2.24, 2.45) is 0 Å². The summed E-state index contributed by atoms with van der Waals surface area (Å²) < 4.78 is 56.9. The molecule has 5 rings (SSSR count). The Hall–Kier alpha value is -4.07. The van der Waals surface area contributed by atoms with E-state index in [0.29, 0.717) is 29.9 Å². The minimum Gasteiger partial charge on any atom is -0.375 e. The van der Waals surface area contributed by atoms with Crippen molar-refractivity contribution in [3.8, 4) is 11.1 Å². The molecule has 0 fully saturated rings. The first-order valence-electron chi connectivity index (χ1n) is 13.4. The number of alkyl halides is 3. The number of benzene rings is 3. The number of hydrogen-bond acceptors (Lipinski definition) is 3. The zero-order chi connectivity index (χ0) is 28.5. The smallest absolute Gasteiger partial charge is 0.375 e. The topological polar surface area (TPSA) is 41.9 Å². The van der Waals surface area contributed by atoms with Gasteiger partial charge in [0.05, 0.1) is 23.3 Å². The van der Waals surface area contributed by atoms with Crippen molar-refractivity contribution in [1.29, 1.82) is 0 Å². The van der Waals surface area contributed by atoms with Gasteiger partial charge in [0.15, 0.2) is 6.04 Å². The lowest BCUT2D eigenvalue weighted by Crippen LogP contribution is -2.40. The Morgan fingerprint density at radius 1 is 0.950 bits per heavy atom. The van der Waals surface area contributed by atoms with Gasteiger partial charge in [-0.3, -0.25) is 0 Å². The van der Waals surface area contributed by atoms with E-state index in [2.05, 4.69) is 36.2 Å². The lowest BCUT2D eigenvalue weighted by Gasteiger charge is -2.37. The summed E-state index contributed by atoms with van der Waals surface area (Å²) in [7, 11) is 0. The molecule has 8 heteroatoms. The summed E-state index contributed by atoms with van der Waals surface area (Å²) in [5.41, 5.74) is 4.17. The molecule has 1 aliphatic heterocycles. The van der Waals surface area contributed by atoms with Crippen molar-refractivity contribution in [3.63, 3.8) is 0 Å². The van der Waals surface area contributed by atoms with E-state index in [9.17, 15) is 17.6 Å². The number of aromatic nitrogens is 2. The molecule has 2 atom stereocenters. The van der Waals surface area contributed by atoms with Crippen LogP contribution in [-0.4, -0.2) is 16.0 Å². The van der Waals surface area contributed by atoms with Gasteiger partial charge in [-0.1, -0.05) is 87.2 Å². The largest absolute Gasteiger partial charge is 0.410 e. The fourth-order valence-corrected chi connectivity index (χ4v) is 5.57. The Morgan fingerprint density at radius 3 is 2.12 bits per heavy atom. The number of anilines is 1. The molecule has 2 N–H and O–H groups in total. The van der Waals surface area contributed by atoms with Crippen molar-refractivity contribution >= 4 is 11.5 Å². The van der Waals surface area contributed by atoms with Crippen molar-refractivity contribution in [2.45, 2.75) is 56.9 Å². The fraction of sp³-hybridized carbons (Fsp3) is 0.281. The number of fused-ring (bicyclic) bond motifs is 1. The van der Waals surface area contributed by atoms with Gasteiger partial charge in [0.25, 0.3) is 0 Å². The normalized spacial score (nSPS) is 17.1. The summed E-state index contributed by atoms with van der Waals surface area (Å²) in [6, 6.07) is 21.3. The van der Waals surface area contributed by atoms with E-state index in [1.54, 1.807) is 12.1 Å². The van der Waals surface area contributed by atoms with E-state index in [0.717, 1.165) is 26.9 Å². The van der Waals surface area contributed by atoms with Crippen LogP contribution in [0.5, 0.6) is 0 Å². The van der Waals surface area contributed by atoms with Crippen LogP contribution in [0.4, 0.5) is 23.4 Å². The van der Waals surface area contributed by atoms with Crippen LogP contribution in [0.1, 0.15) is 61.9 Å². The maximum atomic E-state index is 14.2. The Balaban J connectivity index is 1.45. The van der Waals surface area contributed by atoms with Crippen LogP contribution in [0.2, 0.25) is 0 Å². The van der Waals surface area contributed by atoms with Crippen molar-refractivity contribution < 1.29 is 17.6 Å². The van der Waals surface area contributed by atoms with Crippen LogP contribution in [-0.2, 0) is 5.54 Å². The number of nitrogens with zero attached hydrogens (tertiary/aromatic N) is 2. The molecule has 0 spiro atoms. The predicted molar refractivity (Wildman–Crippen MR) is 151 cm³/mol. The number of hydrogen-bond donors (Lipinski definition) is 2. The molecular formula is C32H32F4N4. The van der Waals surface area contributed by atoms with Crippen LogP contribution in [0, 0.1) is 5.82 Å². The van der Waals surface area contributed by atoms with Crippen LogP contribution in [0.3, 0.4) is 0 Å². The number of rotatable bonds is 8. The third-order valence-electron chi connectivity index (χ3n) is 7.98. The van der Waals surface area contributed by atoms with E-state index in [1.165, 1.54) is 18.3 Å². The van der Waals surface area contributed by atoms with Gasteiger partial charge in [-0.05, 0) is 47.2 Å². The van der Waals surface area contributed by atoms with Gasteiger partial charge in [-0.2, -0.15) is 18.3 Å². The van der Waals surface area contributed by atoms with Crippen LogP contribution >= 0.6 is 0 Å². The molecule has 4 nitrogen and oxygen atoms in total. The first kappa shape index (κ1) is 27.5. The lowest BCUT2D eigenvalue weighted by atomic mass is 9.83. The van der Waals surface area contributed by atoms with Gasteiger partial charge >= 0.3 is 6.18 Å². The summed E-state index contributed by atoms with van der Waals surface area (Å²) in [6.07, 6.45) is -1.72. The van der Waals surface area contributed by atoms with Gasteiger partial charge in [0, 0.05) is 12.1 Å². The van der Waals surface area contributed by atoms with Crippen molar-refractivity contribution in [3.05, 3.63) is 114 Å². The summed E-state index contributed by atoms with van der Waals surface area (Å²) in [6.45, 7) is 8.38. The second-order valence-corrected chi connectivity index (χ2v) is 10.2. The second kappa shape index (κ2) is 10.8. The van der Waals surface area contributed by atoms with Crippen LogP contribution < -0.4 is 10.6 Å². The highest BCUT2D eigenvalue weighted by Crippen LogP contribution is 2.45. The van der Waals surface area contributed by atoms with Crippen LogP contribution in [0.25, 0.3) is 16.8 Å². The summed E-state index contributed by atoms with van der Waals surface area (Å²) in [5.74, 6) is 0.0141. The van der Waals surface area contributed by atoms with E-state index < -0.39 is 23.8 Å². The Kier molecular flexibility index (Phi) is 7.45. The minimum atomic E-state index is -4.45. The highest BCUT2D eigenvalue weighted by Gasteiger charge is 2.47. The number of nitrogens with one attached hydrogen (secondary N) is 2. The molecular weight excluding hydrogens is 516 g/mol. The van der Waals surface area contributed by atoms with Gasteiger partial charge in [-0.25, -0.2) is 9.07 Å². The van der Waals surface area contributed by atoms with Gasteiger partial charge in [0.2, 0.25) is 0 Å². The second-order valence-electron chi connectivity index (χ2n) is 10.2. The molecule has 2 unspecified atom stereocenters. The van der Waals surface area contributed by atoms with Gasteiger partial charge < -0.3 is 10.6 Å². The molecule has 0 bridgehead atoms. The highest BCUT2D eigenvalue weighted by molar-refractivity contribution is 5.73. The molecule has 3 aromatic carbocycles. The zero-order valence-corrected chi connectivity index (χ0v) is 22.5. The van der Waals surface area contributed by atoms with Crippen LogP contribution in [0.15, 0.2) is 91.6 Å². The summed E-state index contributed by atoms with van der Waals surface area (Å²) >= 11 is 0. The first-order valence-corrected chi connectivity index (χ1v) is 13.4. The maximum Gasteiger partial charge on any atom is 0.410 e. The monoisotopic (exact) mass is 548 g/mol. The standard InChI is InChI=1S/C32H32F4N4/c1-4-31(5-2,25-15-11-22(12-16-25)23-13-17-26(33)18-14-23)39-21(3)27-20-37-40-29(32(34,35)36)19-28(38-30(27)40)24-9-7-6-8-10-24/h6-18,20,28-29,38-39H,3-5,19H2,1-2H3. The predicted octanol–water partition coefficient (Wildman–Crippen LogP) is 8.63. The third-order valence-corrected chi connectivity index (χ3v) is 7.98. The van der Waals surface area contributed by atoms with E-state index in [1.807, 2.05) is 54.6 Å². The molecule has 0 radical (unpaired) electrons. The molecule has 0 saturated carbocycles. The summed E-state index contributed by atoms with van der Waals surface area (Å²) in [4.78, 5) is 0. The highest BCUT2D eigenvalue weighted by atomic mass is 19.4. The van der Waals surface area contributed by atoms with Crippen molar-refractivity contribution in [2.75, 3.05) is 5.32 Å². The Morgan fingerprint density at radius 2 is 1.55 bits per heavy atom. The lowest BCUT2D eigenvalue weighted by molar-refractivity contribution is -0.173. The summed E-state index contributed by atoms with van der Waals surface area (Å²) in [5, 5.41) is 11.0. The molecule has 2 heterocycles. The number of halogens is 4. The van der Waals surface area contributed by atoms with Gasteiger partial charge in [-0.15, -0.1) is 0 Å². The third kappa shape index (κ3) is 5.22. The SMILES string of the molecule is C=C(NC(CC)(CC)c1ccc(-c2ccc(F)cc2)cc1)c1cnn2c1NC(c1ccccc1)CC2C(F)(F)F. The van der Waals surface area contributed by atoms with E-state index in [-0.39, 0.29) is 12.2 Å². The molecule has 0 amide bonds. The van der Waals surface area contributed by atoms with E-state index >= 15 is 0 Å². The minimum absolute atomic E-state index is 0.157. The Bertz CT molecular complexity index is 1450. The first-order chi connectivity index (χ1) is 19.1. The maximum absolute atomic E-state index is 14.2. The van der Waals surface area contributed by atoms with Crippen molar-refractivity contribution in [1.82, 2.24) is 15.1 Å². The molecule has 0 saturated heterocycles. The fourth-order valence-electron chi connectivity index (χ4n) is 5.57. The molecule has 208 valence electrons. The quantitative estimate of drug-likeness (QED) is 0.217. The molecule has 0 aliphatic carbocycles. The van der Waals surface area contributed by atoms with E-state index in [4.69, 9.17) is 0 Å².